The van der Waals surface area contributed by atoms with E-state index in [4.69, 9.17) is 14.6 Å². The predicted molar refractivity (Wildman–Crippen MR) is 109 cm³/mol. The van der Waals surface area contributed by atoms with Crippen molar-refractivity contribution in [3.05, 3.63) is 72.3 Å². The topological polar surface area (TPSA) is 97.2 Å². The Hall–Kier alpha value is -3.87. The number of rotatable bonds is 8. The number of carbonyl (C=O) groups excluding carboxylic acids is 1. The lowest BCUT2D eigenvalue weighted by Gasteiger charge is -2.13. The average Bonchev–Trinajstić information content (AvgIpc) is 2.73. The minimum atomic E-state index is -1.04. The predicted octanol–water partition coefficient (Wildman–Crippen LogP) is 3.22. The van der Waals surface area contributed by atoms with Crippen LogP contribution in [0.25, 0.3) is 10.8 Å². The molecule has 0 aromatic heterocycles. The normalized spacial score (nSPS) is 11.9. The summed E-state index contributed by atoms with van der Waals surface area (Å²) in [7, 11) is 0. The first-order valence-electron chi connectivity index (χ1n) is 8.94. The molecule has 0 aliphatic carbocycles. The first-order valence-corrected chi connectivity index (χ1v) is 8.94. The third-order valence-corrected chi connectivity index (χ3v) is 4.03. The summed E-state index contributed by atoms with van der Waals surface area (Å²) in [5, 5.41) is 14.6. The highest BCUT2D eigenvalue weighted by molar-refractivity contribution is 5.85. The van der Waals surface area contributed by atoms with E-state index in [9.17, 15) is 9.59 Å². The zero-order chi connectivity index (χ0) is 20.6. The summed E-state index contributed by atoms with van der Waals surface area (Å²) in [6, 6.07) is 20.2. The number of hydrogen-bond acceptors (Lipinski definition) is 5. The zero-order valence-corrected chi connectivity index (χ0v) is 15.7. The van der Waals surface area contributed by atoms with Crippen molar-refractivity contribution in [2.75, 3.05) is 6.61 Å². The van der Waals surface area contributed by atoms with Crippen molar-refractivity contribution in [3.63, 3.8) is 0 Å². The lowest BCUT2D eigenvalue weighted by atomic mass is 10.1. The SMILES string of the molecule is CC(Oc1ccc2ccccc2c1)C(=O)NN=Cc1ccc(OCC(=O)O)cc1. The average molecular weight is 392 g/mol. The van der Waals surface area contributed by atoms with Gasteiger partial charge in [0.05, 0.1) is 6.21 Å². The largest absolute Gasteiger partial charge is 0.482 e. The van der Waals surface area contributed by atoms with Crippen molar-refractivity contribution in [3.8, 4) is 11.5 Å². The van der Waals surface area contributed by atoms with Crippen LogP contribution in [0.4, 0.5) is 0 Å². The Kier molecular flexibility index (Phi) is 6.42. The van der Waals surface area contributed by atoms with E-state index in [1.807, 2.05) is 42.5 Å². The Morgan fingerprint density at radius 3 is 2.45 bits per heavy atom. The highest BCUT2D eigenvalue weighted by Gasteiger charge is 2.14. The number of nitrogens with zero attached hydrogens (tertiary/aromatic N) is 1. The fourth-order valence-corrected chi connectivity index (χ4v) is 2.55. The molecule has 0 saturated carbocycles. The summed E-state index contributed by atoms with van der Waals surface area (Å²) in [4.78, 5) is 22.7. The second-order valence-corrected chi connectivity index (χ2v) is 6.25. The standard InChI is InChI=1S/C22H20N2O5/c1-15(29-20-11-8-17-4-2-3-5-18(17)12-20)22(27)24-23-13-16-6-9-19(10-7-16)28-14-21(25)26/h2-13,15H,14H2,1H3,(H,24,27)(H,25,26). The molecule has 3 aromatic carbocycles. The lowest BCUT2D eigenvalue weighted by Crippen LogP contribution is -2.33. The molecule has 29 heavy (non-hydrogen) atoms. The van der Waals surface area contributed by atoms with Gasteiger partial charge in [0.2, 0.25) is 0 Å². The number of amides is 1. The van der Waals surface area contributed by atoms with E-state index in [0.717, 1.165) is 16.3 Å². The molecule has 0 saturated heterocycles. The minimum Gasteiger partial charge on any atom is -0.482 e. The molecule has 7 heteroatoms. The van der Waals surface area contributed by atoms with Gasteiger partial charge < -0.3 is 14.6 Å². The van der Waals surface area contributed by atoms with E-state index in [1.54, 1.807) is 31.2 Å². The van der Waals surface area contributed by atoms with Crippen LogP contribution in [0.1, 0.15) is 12.5 Å². The zero-order valence-electron chi connectivity index (χ0n) is 15.7. The summed E-state index contributed by atoms with van der Waals surface area (Å²) in [6.07, 6.45) is 0.752. The molecule has 0 heterocycles. The quantitative estimate of drug-likeness (QED) is 0.453. The molecule has 3 rings (SSSR count). The highest BCUT2D eigenvalue weighted by Crippen LogP contribution is 2.21. The van der Waals surface area contributed by atoms with Gasteiger partial charge in [-0.3, -0.25) is 4.79 Å². The second-order valence-electron chi connectivity index (χ2n) is 6.25. The van der Waals surface area contributed by atoms with Crippen LogP contribution < -0.4 is 14.9 Å². The summed E-state index contributed by atoms with van der Waals surface area (Å²) in [6.45, 7) is 1.24. The fourth-order valence-electron chi connectivity index (χ4n) is 2.55. The van der Waals surface area contributed by atoms with E-state index in [2.05, 4.69) is 10.5 Å². The van der Waals surface area contributed by atoms with Crippen molar-refractivity contribution in [2.45, 2.75) is 13.0 Å². The Balaban J connectivity index is 1.51. The molecule has 1 amide bonds. The van der Waals surface area contributed by atoms with Gasteiger partial charge in [0.25, 0.3) is 5.91 Å². The van der Waals surface area contributed by atoms with E-state index < -0.39 is 18.7 Å². The maximum absolute atomic E-state index is 12.2. The smallest absolute Gasteiger partial charge is 0.341 e. The number of hydrazone groups is 1. The van der Waals surface area contributed by atoms with Crippen LogP contribution in [0.5, 0.6) is 11.5 Å². The number of hydrogen-bond donors (Lipinski definition) is 2. The van der Waals surface area contributed by atoms with Crippen LogP contribution in [0, 0.1) is 0 Å². The van der Waals surface area contributed by atoms with Crippen LogP contribution >= 0.6 is 0 Å². The van der Waals surface area contributed by atoms with Gasteiger partial charge in [-0.1, -0.05) is 30.3 Å². The molecule has 1 unspecified atom stereocenters. The van der Waals surface area contributed by atoms with Gasteiger partial charge in [-0.2, -0.15) is 5.10 Å². The number of ether oxygens (including phenoxy) is 2. The van der Waals surface area contributed by atoms with E-state index >= 15 is 0 Å². The number of benzene rings is 3. The Bertz CT molecular complexity index is 1030. The monoisotopic (exact) mass is 392 g/mol. The molecule has 0 radical (unpaired) electrons. The summed E-state index contributed by atoms with van der Waals surface area (Å²) >= 11 is 0. The fraction of sp³-hybridized carbons (Fsp3) is 0.136. The van der Waals surface area contributed by atoms with Gasteiger partial charge >= 0.3 is 5.97 Å². The van der Waals surface area contributed by atoms with Gasteiger partial charge in [-0.05, 0) is 59.7 Å². The van der Waals surface area contributed by atoms with Gasteiger partial charge in [-0.25, -0.2) is 10.2 Å². The van der Waals surface area contributed by atoms with Gasteiger partial charge in [-0.15, -0.1) is 0 Å². The molecular formula is C22H20N2O5. The van der Waals surface area contributed by atoms with Crippen molar-refractivity contribution in [1.82, 2.24) is 5.43 Å². The number of carboxylic acids is 1. The molecule has 148 valence electrons. The molecule has 2 N–H and O–H groups in total. The molecule has 0 spiro atoms. The maximum Gasteiger partial charge on any atom is 0.341 e. The van der Waals surface area contributed by atoms with E-state index in [-0.39, 0.29) is 5.91 Å². The Labute approximate surface area is 167 Å². The number of carbonyl (C=O) groups is 2. The van der Waals surface area contributed by atoms with Crippen molar-refractivity contribution >= 4 is 28.9 Å². The van der Waals surface area contributed by atoms with Gasteiger partial charge in [0, 0.05) is 0 Å². The Morgan fingerprint density at radius 2 is 1.72 bits per heavy atom. The summed E-state index contributed by atoms with van der Waals surface area (Å²) < 4.78 is 10.7. The Morgan fingerprint density at radius 1 is 1.03 bits per heavy atom. The number of fused-ring (bicyclic) bond motifs is 1. The number of aliphatic carboxylic acids is 1. The van der Waals surface area contributed by atoms with Gasteiger partial charge in [0.15, 0.2) is 12.7 Å². The van der Waals surface area contributed by atoms with Crippen LogP contribution in [0.3, 0.4) is 0 Å². The van der Waals surface area contributed by atoms with Crippen molar-refractivity contribution in [1.29, 1.82) is 0 Å². The molecule has 7 nitrogen and oxygen atoms in total. The lowest BCUT2D eigenvalue weighted by molar-refractivity contribution is -0.139. The molecular weight excluding hydrogens is 372 g/mol. The van der Waals surface area contributed by atoms with E-state index in [0.29, 0.717) is 11.5 Å². The third-order valence-electron chi connectivity index (χ3n) is 4.03. The van der Waals surface area contributed by atoms with Crippen molar-refractivity contribution < 1.29 is 24.2 Å². The third kappa shape index (κ3) is 5.80. The summed E-state index contributed by atoms with van der Waals surface area (Å²) in [5.74, 6) is -0.382. The van der Waals surface area contributed by atoms with Crippen LogP contribution in [0.2, 0.25) is 0 Å². The molecule has 1 atom stereocenters. The van der Waals surface area contributed by atoms with Gasteiger partial charge in [0.1, 0.15) is 11.5 Å². The van der Waals surface area contributed by atoms with E-state index in [1.165, 1.54) is 6.21 Å². The maximum atomic E-state index is 12.2. The second kappa shape index (κ2) is 9.36. The van der Waals surface area contributed by atoms with Crippen LogP contribution in [0.15, 0.2) is 71.8 Å². The first-order chi connectivity index (χ1) is 14.0. The number of nitrogens with one attached hydrogen (secondary N) is 1. The minimum absolute atomic E-state index is 0.379. The molecule has 0 aliphatic rings. The molecule has 3 aromatic rings. The molecule has 0 aliphatic heterocycles. The first kappa shape index (κ1) is 19.9. The van der Waals surface area contributed by atoms with Crippen LogP contribution in [-0.4, -0.2) is 35.9 Å². The molecule has 0 bridgehead atoms. The summed E-state index contributed by atoms with van der Waals surface area (Å²) in [5.41, 5.74) is 3.16. The van der Waals surface area contributed by atoms with Crippen LogP contribution in [-0.2, 0) is 9.59 Å². The highest BCUT2D eigenvalue weighted by atomic mass is 16.5. The van der Waals surface area contributed by atoms with Crippen molar-refractivity contribution in [2.24, 2.45) is 5.10 Å². The number of carboxylic acid groups (broad SMARTS) is 1. The molecule has 0 fully saturated rings.